The van der Waals surface area contributed by atoms with Gasteiger partial charge < -0.3 is 14.8 Å². The van der Waals surface area contributed by atoms with Gasteiger partial charge in [0.2, 0.25) is 0 Å². The first kappa shape index (κ1) is 19.1. The minimum atomic E-state index is 0.585. The molecule has 0 saturated heterocycles. The predicted molar refractivity (Wildman–Crippen MR) is 120 cm³/mol. The molecule has 6 nitrogen and oxygen atoms in total. The number of aryl methyl sites for hydroxylation is 1. The largest absolute Gasteiger partial charge is 0.486 e. The van der Waals surface area contributed by atoms with E-state index in [4.69, 9.17) is 31.0 Å². The molecule has 4 aromatic rings. The maximum Gasteiger partial charge on any atom is 0.163 e. The second kappa shape index (κ2) is 8.08. The highest BCUT2D eigenvalue weighted by Crippen LogP contribution is 2.38. The van der Waals surface area contributed by atoms with Crippen molar-refractivity contribution in [3.63, 3.8) is 0 Å². The minimum Gasteiger partial charge on any atom is -0.486 e. The molecule has 0 unspecified atom stereocenters. The standard InChI is InChI=1S/C22H19ClN4O2S/c1-13-19(23)18-21(26-20(27-22(18)30-13)15-5-7-24-8-6-15)25-9-4-14-2-3-16-17(12-14)29-11-10-28-16/h2-3,5-8,12H,4,9-11H2,1H3,(H,25,26,27). The molecule has 8 heteroatoms. The van der Waals surface area contributed by atoms with Crippen LogP contribution < -0.4 is 14.8 Å². The van der Waals surface area contributed by atoms with Gasteiger partial charge in [0, 0.05) is 29.4 Å². The average Bonchev–Trinajstić information content (AvgIpc) is 3.08. The molecule has 0 saturated carbocycles. The second-order valence-electron chi connectivity index (χ2n) is 6.94. The van der Waals surface area contributed by atoms with Crippen LogP contribution in [0.5, 0.6) is 11.5 Å². The molecule has 1 aromatic carbocycles. The number of benzene rings is 1. The summed E-state index contributed by atoms with van der Waals surface area (Å²) in [6.07, 6.45) is 4.29. The summed E-state index contributed by atoms with van der Waals surface area (Å²) >= 11 is 8.15. The van der Waals surface area contributed by atoms with E-state index in [2.05, 4.69) is 16.4 Å². The van der Waals surface area contributed by atoms with Crippen molar-refractivity contribution in [1.82, 2.24) is 15.0 Å². The van der Waals surface area contributed by atoms with Gasteiger partial charge in [0.1, 0.15) is 23.9 Å². The number of hydrogen-bond donors (Lipinski definition) is 1. The van der Waals surface area contributed by atoms with Gasteiger partial charge in [-0.1, -0.05) is 17.7 Å². The van der Waals surface area contributed by atoms with Crippen LogP contribution >= 0.6 is 22.9 Å². The molecule has 0 radical (unpaired) electrons. The third kappa shape index (κ3) is 3.66. The summed E-state index contributed by atoms with van der Waals surface area (Å²) in [4.78, 5) is 15.5. The Morgan fingerprint density at radius 3 is 2.70 bits per heavy atom. The van der Waals surface area contributed by atoms with E-state index in [9.17, 15) is 0 Å². The van der Waals surface area contributed by atoms with Crippen LogP contribution in [0.4, 0.5) is 5.82 Å². The van der Waals surface area contributed by atoms with E-state index in [0.29, 0.717) is 30.6 Å². The molecule has 0 fully saturated rings. The molecule has 0 amide bonds. The Hall–Kier alpha value is -2.90. The molecule has 0 bridgehead atoms. The number of ether oxygens (including phenoxy) is 2. The van der Waals surface area contributed by atoms with Gasteiger partial charge in [-0.3, -0.25) is 4.98 Å². The Labute approximate surface area is 182 Å². The zero-order valence-electron chi connectivity index (χ0n) is 16.3. The topological polar surface area (TPSA) is 69.2 Å². The molecule has 1 aliphatic rings. The summed E-state index contributed by atoms with van der Waals surface area (Å²) in [5, 5.41) is 5.04. The maximum absolute atomic E-state index is 6.57. The molecule has 0 spiro atoms. The first-order chi connectivity index (χ1) is 14.7. The van der Waals surface area contributed by atoms with E-state index in [0.717, 1.165) is 44.4 Å². The zero-order valence-corrected chi connectivity index (χ0v) is 17.9. The molecular formula is C22H19ClN4O2S. The highest BCUT2D eigenvalue weighted by molar-refractivity contribution is 7.19. The first-order valence-corrected chi connectivity index (χ1v) is 10.9. The van der Waals surface area contributed by atoms with Gasteiger partial charge in [-0.2, -0.15) is 0 Å². The molecule has 1 aliphatic heterocycles. The molecule has 0 aliphatic carbocycles. The third-order valence-corrected chi connectivity index (χ3v) is 6.49. The fraction of sp³-hybridized carbons (Fsp3) is 0.227. The van der Waals surface area contributed by atoms with E-state index in [1.807, 2.05) is 31.2 Å². The van der Waals surface area contributed by atoms with Gasteiger partial charge in [0.25, 0.3) is 0 Å². The van der Waals surface area contributed by atoms with Gasteiger partial charge in [0.15, 0.2) is 17.3 Å². The summed E-state index contributed by atoms with van der Waals surface area (Å²) in [5.41, 5.74) is 2.09. The van der Waals surface area contributed by atoms with E-state index in [1.165, 1.54) is 5.56 Å². The summed E-state index contributed by atoms with van der Waals surface area (Å²) in [7, 11) is 0. The van der Waals surface area contributed by atoms with E-state index >= 15 is 0 Å². The van der Waals surface area contributed by atoms with Crippen molar-refractivity contribution in [2.75, 3.05) is 25.1 Å². The number of rotatable bonds is 5. The summed E-state index contributed by atoms with van der Waals surface area (Å²) in [6, 6.07) is 9.88. The van der Waals surface area contributed by atoms with Crippen molar-refractivity contribution in [1.29, 1.82) is 0 Å². The second-order valence-corrected chi connectivity index (χ2v) is 8.52. The summed E-state index contributed by atoms with van der Waals surface area (Å²) < 4.78 is 11.3. The van der Waals surface area contributed by atoms with Crippen LogP contribution in [-0.2, 0) is 6.42 Å². The monoisotopic (exact) mass is 438 g/mol. The molecule has 3 aromatic heterocycles. The number of nitrogens with zero attached hydrogens (tertiary/aromatic N) is 3. The number of pyridine rings is 1. The molecular weight excluding hydrogens is 420 g/mol. The van der Waals surface area contributed by atoms with Gasteiger partial charge in [-0.05, 0) is 43.2 Å². The fourth-order valence-corrected chi connectivity index (χ4v) is 4.67. The lowest BCUT2D eigenvalue weighted by Gasteiger charge is -2.19. The zero-order chi connectivity index (χ0) is 20.5. The number of fused-ring (bicyclic) bond motifs is 2. The number of thiophene rings is 1. The van der Waals surface area contributed by atoms with Gasteiger partial charge in [0.05, 0.1) is 10.4 Å². The number of nitrogens with one attached hydrogen (secondary N) is 1. The number of hydrogen-bond acceptors (Lipinski definition) is 7. The van der Waals surface area contributed by atoms with Gasteiger partial charge in [-0.15, -0.1) is 11.3 Å². The van der Waals surface area contributed by atoms with E-state index < -0.39 is 0 Å². The Morgan fingerprint density at radius 1 is 1.07 bits per heavy atom. The van der Waals surface area contributed by atoms with E-state index in [-0.39, 0.29) is 0 Å². The smallest absolute Gasteiger partial charge is 0.163 e. The van der Waals surface area contributed by atoms with Crippen molar-refractivity contribution in [3.8, 4) is 22.9 Å². The van der Waals surface area contributed by atoms with Crippen LogP contribution in [0, 0.1) is 6.92 Å². The minimum absolute atomic E-state index is 0.585. The SMILES string of the molecule is Cc1sc2nc(-c3ccncc3)nc(NCCc3ccc4c(c3)OCCO4)c2c1Cl. The van der Waals surface area contributed by atoms with Gasteiger partial charge in [-0.25, -0.2) is 9.97 Å². The lowest BCUT2D eigenvalue weighted by atomic mass is 10.1. The quantitative estimate of drug-likeness (QED) is 0.465. The van der Waals surface area contributed by atoms with Crippen molar-refractivity contribution >= 4 is 39.0 Å². The fourth-order valence-electron chi connectivity index (χ4n) is 3.40. The van der Waals surface area contributed by atoms with Crippen LogP contribution in [-0.4, -0.2) is 34.7 Å². The van der Waals surface area contributed by atoms with Crippen molar-refractivity contribution in [2.45, 2.75) is 13.3 Å². The number of aromatic nitrogens is 3. The normalized spacial score (nSPS) is 12.9. The maximum atomic E-state index is 6.57. The Balaban J connectivity index is 1.42. The van der Waals surface area contributed by atoms with E-state index in [1.54, 1.807) is 23.7 Å². The Kier molecular flexibility index (Phi) is 5.14. The lowest BCUT2D eigenvalue weighted by molar-refractivity contribution is 0.171. The molecule has 5 rings (SSSR count). The highest BCUT2D eigenvalue weighted by Gasteiger charge is 2.17. The lowest BCUT2D eigenvalue weighted by Crippen LogP contribution is -2.15. The Bertz CT molecular complexity index is 1210. The van der Waals surface area contributed by atoms with Crippen LogP contribution in [0.2, 0.25) is 5.02 Å². The summed E-state index contributed by atoms with van der Waals surface area (Å²) in [5.74, 6) is 3.01. The van der Waals surface area contributed by atoms with Crippen LogP contribution in [0.25, 0.3) is 21.6 Å². The van der Waals surface area contributed by atoms with Crippen molar-refractivity contribution < 1.29 is 9.47 Å². The third-order valence-electron chi connectivity index (χ3n) is 4.91. The number of halogens is 1. The molecule has 30 heavy (non-hydrogen) atoms. The number of anilines is 1. The van der Waals surface area contributed by atoms with Crippen LogP contribution in [0.1, 0.15) is 10.4 Å². The Morgan fingerprint density at radius 2 is 1.87 bits per heavy atom. The molecule has 1 N–H and O–H groups in total. The molecule has 4 heterocycles. The first-order valence-electron chi connectivity index (χ1n) is 9.68. The van der Waals surface area contributed by atoms with Crippen LogP contribution in [0.3, 0.4) is 0 Å². The predicted octanol–water partition coefficient (Wildman–Crippen LogP) is 5.14. The highest BCUT2D eigenvalue weighted by atomic mass is 35.5. The average molecular weight is 439 g/mol. The molecule has 152 valence electrons. The van der Waals surface area contributed by atoms with Crippen LogP contribution in [0.15, 0.2) is 42.7 Å². The van der Waals surface area contributed by atoms with Crippen molar-refractivity contribution in [3.05, 3.63) is 58.2 Å². The molecule has 0 atom stereocenters. The van der Waals surface area contributed by atoms with Crippen molar-refractivity contribution in [2.24, 2.45) is 0 Å². The summed E-state index contributed by atoms with van der Waals surface area (Å²) in [6.45, 7) is 3.88. The van der Waals surface area contributed by atoms with Gasteiger partial charge >= 0.3 is 0 Å².